The first-order valence-corrected chi connectivity index (χ1v) is 13.7. The van der Waals surface area contributed by atoms with Gasteiger partial charge >= 0.3 is 18.3 Å². The third-order valence-electron chi connectivity index (χ3n) is 6.56. The fourth-order valence-corrected chi connectivity index (χ4v) is 4.70. The Hall–Kier alpha value is -4.52. The van der Waals surface area contributed by atoms with Crippen LogP contribution in [0.2, 0.25) is 0 Å². The van der Waals surface area contributed by atoms with E-state index < -0.39 is 36.0 Å². The van der Waals surface area contributed by atoms with Gasteiger partial charge in [0.05, 0.1) is 33.2 Å². The highest BCUT2D eigenvalue weighted by Crippen LogP contribution is 2.37. The Balaban J connectivity index is 1.61. The van der Waals surface area contributed by atoms with Crippen LogP contribution in [0.15, 0.2) is 89.7 Å². The van der Waals surface area contributed by atoms with Crippen LogP contribution < -0.4 is 9.64 Å². The predicted octanol–water partition coefficient (Wildman–Crippen LogP) is 8.56. The molecule has 226 valence electrons. The van der Waals surface area contributed by atoms with Gasteiger partial charge in [-0.3, -0.25) is 0 Å². The molecule has 0 atom stereocenters. The van der Waals surface area contributed by atoms with Crippen LogP contribution in [0, 0.1) is 6.92 Å². The summed E-state index contributed by atoms with van der Waals surface area (Å²) in [6, 6.07) is 16.6. The van der Waals surface area contributed by atoms with Gasteiger partial charge in [0.15, 0.2) is 0 Å². The number of pyridine rings is 1. The van der Waals surface area contributed by atoms with E-state index in [2.05, 4.69) is 30.9 Å². The number of ether oxygens (including phenoxy) is 1. The summed E-state index contributed by atoms with van der Waals surface area (Å²) in [5, 5.41) is 0.676. The van der Waals surface area contributed by atoms with E-state index in [1.807, 2.05) is 13.0 Å². The lowest BCUT2D eigenvalue weighted by molar-refractivity contribution is -0.143. The summed E-state index contributed by atoms with van der Waals surface area (Å²) in [7, 11) is 0. The van der Waals surface area contributed by atoms with Crippen molar-refractivity contribution in [3.05, 3.63) is 123 Å². The van der Waals surface area contributed by atoms with Gasteiger partial charge in [-0.1, -0.05) is 36.4 Å². The SMILES string of the molecule is Cc1cccc2cc(CN(Cc3cc(C(F)(F)F)cc(C(F)(F)F)c3)c3ncc(Br)cn3)c(OC(=O)c3ccccc3)nc12. The summed E-state index contributed by atoms with van der Waals surface area (Å²) in [6.07, 6.45) is -7.26. The smallest absolute Gasteiger partial charge is 0.403 e. The minimum Gasteiger partial charge on any atom is -0.403 e. The van der Waals surface area contributed by atoms with Crippen molar-refractivity contribution in [3.8, 4) is 5.88 Å². The normalized spacial score (nSPS) is 11.9. The Morgan fingerprint density at radius 1 is 0.841 bits per heavy atom. The molecule has 2 aromatic heterocycles. The average molecular weight is 675 g/mol. The summed E-state index contributed by atoms with van der Waals surface area (Å²) in [5.74, 6) is -0.780. The molecular weight excluding hydrogens is 654 g/mol. The van der Waals surface area contributed by atoms with Gasteiger partial charge in [0.1, 0.15) is 0 Å². The number of carbonyl (C=O) groups excluding carboxylic acids is 1. The maximum absolute atomic E-state index is 13.6. The summed E-state index contributed by atoms with van der Waals surface area (Å²) in [5.41, 5.74) is -1.26. The van der Waals surface area contributed by atoms with E-state index in [0.29, 0.717) is 33.1 Å². The van der Waals surface area contributed by atoms with Crippen LogP contribution in [0.5, 0.6) is 5.88 Å². The monoisotopic (exact) mass is 674 g/mol. The number of hydrogen-bond acceptors (Lipinski definition) is 6. The fraction of sp³-hybridized carbons (Fsp3) is 0.161. The maximum Gasteiger partial charge on any atom is 0.416 e. The molecule has 0 amide bonds. The van der Waals surface area contributed by atoms with E-state index in [1.165, 1.54) is 17.3 Å². The van der Waals surface area contributed by atoms with Gasteiger partial charge < -0.3 is 9.64 Å². The number of aryl methyl sites for hydroxylation is 1. The number of anilines is 1. The number of aromatic nitrogens is 3. The number of hydrogen-bond donors (Lipinski definition) is 0. The molecule has 0 unspecified atom stereocenters. The van der Waals surface area contributed by atoms with Crippen molar-refractivity contribution in [2.75, 3.05) is 4.90 Å². The third kappa shape index (κ3) is 7.16. The molecular formula is C31H21BrF6N4O2. The number of alkyl halides is 6. The number of nitrogens with zero attached hydrogens (tertiary/aromatic N) is 4. The van der Waals surface area contributed by atoms with Gasteiger partial charge in [-0.15, -0.1) is 0 Å². The average Bonchev–Trinajstić information content (AvgIpc) is 2.97. The Bertz CT molecular complexity index is 1780. The predicted molar refractivity (Wildman–Crippen MR) is 154 cm³/mol. The molecule has 0 radical (unpaired) electrons. The minimum atomic E-state index is -5.02. The molecule has 3 aromatic carbocycles. The topological polar surface area (TPSA) is 68.2 Å². The van der Waals surface area contributed by atoms with Gasteiger partial charge in [0.2, 0.25) is 11.8 Å². The number of benzene rings is 3. The van der Waals surface area contributed by atoms with Crippen molar-refractivity contribution in [3.63, 3.8) is 0 Å². The summed E-state index contributed by atoms with van der Waals surface area (Å²) in [4.78, 5) is 27.4. The summed E-state index contributed by atoms with van der Waals surface area (Å²) < 4.78 is 87.9. The van der Waals surface area contributed by atoms with Crippen LogP contribution in [0.1, 0.15) is 38.2 Å². The Labute approximate surface area is 255 Å². The van der Waals surface area contributed by atoms with E-state index in [0.717, 1.165) is 5.56 Å². The van der Waals surface area contributed by atoms with Gasteiger partial charge in [-0.05, 0) is 70.4 Å². The molecule has 5 aromatic rings. The zero-order chi connectivity index (χ0) is 31.6. The van der Waals surface area contributed by atoms with Crippen molar-refractivity contribution in [2.24, 2.45) is 0 Å². The highest BCUT2D eigenvalue weighted by Gasteiger charge is 2.37. The molecule has 0 bridgehead atoms. The van der Waals surface area contributed by atoms with Crippen LogP contribution in [-0.2, 0) is 25.4 Å². The third-order valence-corrected chi connectivity index (χ3v) is 6.97. The van der Waals surface area contributed by atoms with Crippen LogP contribution in [0.3, 0.4) is 0 Å². The first-order chi connectivity index (χ1) is 20.8. The lowest BCUT2D eigenvalue weighted by Crippen LogP contribution is -2.26. The first-order valence-electron chi connectivity index (χ1n) is 13.0. The molecule has 0 fully saturated rings. The van der Waals surface area contributed by atoms with Gasteiger partial charge in [0, 0.05) is 29.9 Å². The highest BCUT2D eigenvalue weighted by atomic mass is 79.9. The molecule has 0 aliphatic heterocycles. The van der Waals surface area contributed by atoms with Crippen molar-refractivity contribution in [1.29, 1.82) is 0 Å². The molecule has 6 nitrogen and oxygen atoms in total. The van der Waals surface area contributed by atoms with E-state index in [-0.39, 0.29) is 35.6 Å². The number of halogens is 7. The second-order valence-corrected chi connectivity index (χ2v) is 10.7. The molecule has 0 saturated carbocycles. The number of fused-ring (bicyclic) bond motifs is 1. The zero-order valence-electron chi connectivity index (χ0n) is 22.7. The fourth-order valence-electron chi connectivity index (χ4n) is 4.50. The largest absolute Gasteiger partial charge is 0.416 e. The Morgan fingerprint density at radius 3 is 2.09 bits per heavy atom. The zero-order valence-corrected chi connectivity index (χ0v) is 24.3. The summed E-state index contributed by atoms with van der Waals surface area (Å²) in [6.45, 7) is 1.19. The Kier molecular flexibility index (Phi) is 8.60. The number of esters is 1. The lowest BCUT2D eigenvalue weighted by atomic mass is 10.0. The number of para-hydroxylation sites is 1. The molecule has 0 N–H and O–H groups in total. The van der Waals surface area contributed by atoms with E-state index in [9.17, 15) is 31.1 Å². The van der Waals surface area contributed by atoms with Crippen molar-refractivity contribution in [1.82, 2.24) is 15.0 Å². The molecule has 0 aliphatic rings. The number of carbonyl (C=O) groups is 1. The van der Waals surface area contributed by atoms with Crippen molar-refractivity contribution < 1.29 is 35.9 Å². The Morgan fingerprint density at radius 2 is 1.48 bits per heavy atom. The molecule has 0 aliphatic carbocycles. The van der Waals surface area contributed by atoms with Crippen LogP contribution in [0.4, 0.5) is 32.3 Å². The van der Waals surface area contributed by atoms with Crippen molar-refractivity contribution >= 4 is 38.8 Å². The molecule has 5 rings (SSSR count). The first kappa shape index (κ1) is 30.9. The van der Waals surface area contributed by atoms with Gasteiger partial charge in [-0.25, -0.2) is 19.7 Å². The second-order valence-electron chi connectivity index (χ2n) is 9.83. The molecule has 13 heteroatoms. The van der Waals surface area contributed by atoms with E-state index in [4.69, 9.17) is 4.74 Å². The molecule has 0 spiro atoms. The van der Waals surface area contributed by atoms with Crippen LogP contribution in [0.25, 0.3) is 10.9 Å². The second kappa shape index (κ2) is 12.2. The maximum atomic E-state index is 13.6. The van der Waals surface area contributed by atoms with Gasteiger partial charge in [0.25, 0.3) is 0 Å². The van der Waals surface area contributed by atoms with Gasteiger partial charge in [-0.2, -0.15) is 26.3 Å². The minimum absolute atomic E-state index is 0.00356. The van der Waals surface area contributed by atoms with E-state index >= 15 is 0 Å². The van der Waals surface area contributed by atoms with E-state index in [1.54, 1.807) is 48.5 Å². The summed E-state index contributed by atoms with van der Waals surface area (Å²) >= 11 is 3.22. The molecule has 2 heterocycles. The molecule has 44 heavy (non-hydrogen) atoms. The number of rotatable bonds is 7. The van der Waals surface area contributed by atoms with Crippen molar-refractivity contribution in [2.45, 2.75) is 32.4 Å². The van der Waals surface area contributed by atoms with Crippen LogP contribution >= 0.6 is 15.9 Å². The highest BCUT2D eigenvalue weighted by molar-refractivity contribution is 9.10. The standard InChI is InChI=1S/C31H21BrF6N4O2/c1-18-6-5-9-21-12-22(27(41-26(18)21)44-28(43)20-7-3-2-4-8-20)17-42(29-39-14-25(32)15-40-29)16-19-10-23(30(33,34)35)13-24(11-19)31(36,37)38/h2-15H,16-17H2,1H3. The quantitative estimate of drug-likeness (QED) is 0.127. The molecule has 0 saturated heterocycles. The lowest BCUT2D eigenvalue weighted by Gasteiger charge is -2.25. The van der Waals surface area contributed by atoms with Crippen LogP contribution in [-0.4, -0.2) is 20.9 Å².